The predicted molar refractivity (Wildman–Crippen MR) is 100 cm³/mol. The normalized spacial score (nSPS) is 21.9. The number of likely N-dealkylation sites (tertiary alicyclic amines) is 1. The molecule has 0 aromatic heterocycles. The number of piperidine rings is 1. The first-order valence-corrected chi connectivity index (χ1v) is 9.74. The Balaban J connectivity index is 1.35. The summed E-state index contributed by atoms with van der Waals surface area (Å²) in [6.45, 7) is 2.49. The molecule has 3 aliphatic rings. The zero-order valence-electron chi connectivity index (χ0n) is 14.7. The van der Waals surface area contributed by atoms with Crippen molar-refractivity contribution in [3.05, 3.63) is 59.7 Å². The lowest BCUT2D eigenvalue weighted by atomic mass is 9.88. The van der Waals surface area contributed by atoms with Crippen molar-refractivity contribution >= 4 is 0 Å². The predicted octanol–water partition coefficient (Wildman–Crippen LogP) is 4.49. The molecule has 2 aromatic carbocycles. The van der Waals surface area contributed by atoms with Crippen LogP contribution in [-0.2, 0) is 0 Å². The van der Waals surface area contributed by atoms with E-state index in [9.17, 15) is 0 Å². The van der Waals surface area contributed by atoms with Crippen molar-refractivity contribution in [2.45, 2.75) is 50.2 Å². The van der Waals surface area contributed by atoms with E-state index in [-0.39, 0.29) is 6.04 Å². The van der Waals surface area contributed by atoms with Crippen LogP contribution < -0.4 is 10.1 Å². The number of para-hydroxylation sites is 2. The first kappa shape index (κ1) is 15.4. The molecule has 0 bridgehead atoms. The maximum atomic E-state index is 6.12. The topological polar surface area (TPSA) is 24.5 Å². The molecule has 1 N–H and O–H groups in total. The van der Waals surface area contributed by atoms with Crippen LogP contribution in [0.15, 0.2) is 48.5 Å². The van der Waals surface area contributed by atoms with E-state index < -0.39 is 0 Å². The van der Waals surface area contributed by atoms with Crippen LogP contribution in [0.2, 0.25) is 0 Å². The average Bonchev–Trinajstić information content (AvgIpc) is 2.61. The molecule has 0 unspecified atom stereocenters. The largest absolute Gasteiger partial charge is 0.457 e. The lowest BCUT2D eigenvalue weighted by Crippen LogP contribution is -2.49. The fraction of sp³-hybridized carbons (Fsp3) is 0.455. The minimum atomic E-state index is 0.237. The van der Waals surface area contributed by atoms with E-state index in [4.69, 9.17) is 4.74 Å². The van der Waals surface area contributed by atoms with E-state index in [1.165, 1.54) is 56.3 Å². The summed E-state index contributed by atoms with van der Waals surface area (Å²) in [6.07, 6.45) is 6.76. The van der Waals surface area contributed by atoms with Crippen LogP contribution in [-0.4, -0.2) is 30.1 Å². The summed E-state index contributed by atoms with van der Waals surface area (Å²) in [5.74, 6) is 1.98. The first-order chi connectivity index (χ1) is 12.4. The van der Waals surface area contributed by atoms with Gasteiger partial charge in [0.1, 0.15) is 11.5 Å². The number of fused-ring (bicyclic) bond motifs is 2. The van der Waals surface area contributed by atoms with Crippen molar-refractivity contribution in [3.63, 3.8) is 0 Å². The molecule has 0 amide bonds. The Hall–Kier alpha value is -1.84. The molecular formula is C22H26N2O. The van der Waals surface area contributed by atoms with Crippen molar-refractivity contribution in [3.8, 4) is 11.5 Å². The van der Waals surface area contributed by atoms with Crippen molar-refractivity contribution in [1.82, 2.24) is 10.2 Å². The molecule has 25 heavy (non-hydrogen) atoms. The molecule has 130 valence electrons. The number of benzene rings is 2. The van der Waals surface area contributed by atoms with Gasteiger partial charge in [-0.2, -0.15) is 0 Å². The van der Waals surface area contributed by atoms with Gasteiger partial charge in [0.05, 0.1) is 6.04 Å². The Morgan fingerprint density at radius 1 is 0.800 bits per heavy atom. The number of nitrogens with one attached hydrogen (secondary N) is 1. The van der Waals surface area contributed by atoms with E-state index >= 15 is 0 Å². The van der Waals surface area contributed by atoms with Crippen molar-refractivity contribution in [1.29, 1.82) is 0 Å². The average molecular weight is 334 g/mol. The van der Waals surface area contributed by atoms with Gasteiger partial charge in [0.2, 0.25) is 0 Å². The second-order valence-corrected chi connectivity index (χ2v) is 7.67. The minimum absolute atomic E-state index is 0.237. The molecular weight excluding hydrogens is 308 g/mol. The van der Waals surface area contributed by atoms with E-state index in [1.807, 2.05) is 0 Å². The second kappa shape index (κ2) is 6.47. The maximum absolute atomic E-state index is 6.12. The van der Waals surface area contributed by atoms with Gasteiger partial charge in [-0.3, -0.25) is 0 Å². The summed E-state index contributed by atoms with van der Waals surface area (Å²) in [6, 6.07) is 18.6. The van der Waals surface area contributed by atoms with Crippen LogP contribution in [0.25, 0.3) is 0 Å². The van der Waals surface area contributed by atoms with E-state index in [1.54, 1.807) is 0 Å². The summed E-state index contributed by atoms with van der Waals surface area (Å²) in [4.78, 5) is 2.72. The number of rotatable bonds is 3. The zero-order valence-corrected chi connectivity index (χ0v) is 14.7. The quantitative estimate of drug-likeness (QED) is 0.895. The SMILES string of the molecule is c1ccc2c(c1)Oc1ccccc1C2NC1CCN(C2CCC2)CC1. The highest BCUT2D eigenvalue weighted by molar-refractivity contribution is 5.52. The second-order valence-electron chi connectivity index (χ2n) is 7.67. The van der Waals surface area contributed by atoms with Crippen molar-refractivity contribution < 1.29 is 4.74 Å². The van der Waals surface area contributed by atoms with Crippen molar-refractivity contribution in [2.75, 3.05) is 13.1 Å². The molecule has 1 saturated carbocycles. The lowest BCUT2D eigenvalue weighted by molar-refractivity contribution is 0.0908. The summed E-state index contributed by atoms with van der Waals surface area (Å²) in [5.41, 5.74) is 2.53. The van der Waals surface area contributed by atoms with Crippen LogP contribution in [0.4, 0.5) is 0 Å². The monoisotopic (exact) mass is 334 g/mol. The highest BCUT2D eigenvalue weighted by atomic mass is 16.5. The first-order valence-electron chi connectivity index (χ1n) is 9.74. The lowest BCUT2D eigenvalue weighted by Gasteiger charge is -2.43. The highest BCUT2D eigenvalue weighted by Gasteiger charge is 2.32. The molecule has 0 atom stereocenters. The molecule has 0 radical (unpaired) electrons. The van der Waals surface area contributed by atoms with Gasteiger partial charge < -0.3 is 15.0 Å². The Kier molecular flexibility index (Phi) is 3.99. The van der Waals surface area contributed by atoms with Gasteiger partial charge in [-0.1, -0.05) is 42.8 Å². The molecule has 3 heteroatoms. The Labute approximate surface area is 150 Å². The standard InChI is InChI=1S/C22H26N2O/c1-3-10-20-18(8-1)22(19-9-2-4-11-21(19)25-20)23-16-12-14-24(15-13-16)17-6-5-7-17/h1-4,8-11,16-17,22-23H,5-7,12-15H2. The molecule has 1 aliphatic carbocycles. The summed E-state index contributed by atoms with van der Waals surface area (Å²) in [5, 5.41) is 3.96. The molecule has 0 spiro atoms. The summed E-state index contributed by atoms with van der Waals surface area (Å²) in [7, 11) is 0. The van der Waals surface area contributed by atoms with Crippen LogP contribution in [0.1, 0.15) is 49.3 Å². The van der Waals surface area contributed by atoms with Gasteiger partial charge in [-0.25, -0.2) is 0 Å². The molecule has 2 heterocycles. The molecule has 2 aromatic rings. The number of ether oxygens (including phenoxy) is 1. The van der Waals surface area contributed by atoms with E-state index in [0.717, 1.165) is 17.5 Å². The number of hydrogen-bond acceptors (Lipinski definition) is 3. The van der Waals surface area contributed by atoms with Gasteiger partial charge in [-0.15, -0.1) is 0 Å². The zero-order chi connectivity index (χ0) is 16.6. The van der Waals surface area contributed by atoms with Crippen LogP contribution >= 0.6 is 0 Å². The van der Waals surface area contributed by atoms with Crippen LogP contribution in [0.3, 0.4) is 0 Å². The minimum Gasteiger partial charge on any atom is -0.457 e. The molecule has 1 saturated heterocycles. The molecule has 2 fully saturated rings. The van der Waals surface area contributed by atoms with E-state index in [2.05, 4.69) is 58.7 Å². The number of nitrogens with zero attached hydrogens (tertiary/aromatic N) is 1. The summed E-state index contributed by atoms with van der Waals surface area (Å²) < 4.78 is 6.12. The van der Waals surface area contributed by atoms with Crippen molar-refractivity contribution in [2.24, 2.45) is 0 Å². The Morgan fingerprint density at radius 2 is 1.40 bits per heavy atom. The third kappa shape index (κ3) is 2.86. The van der Waals surface area contributed by atoms with Crippen LogP contribution in [0, 0.1) is 0 Å². The van der Waals surface area contributed by atoms with Gasteiger partial charge in [-0.05, 0) is 50.9 Å². The van der Waals surface area contributed by atoms with Crippen LogP contribution in [0.5, 0.6) is 11.5 Å². The highest BCUT2D eigenvalue weighted by Crippen LogP contribution is 2.43. The maximum Gasteiger partial charge on any atom is 0.132 e. The Morgan fingerprint density at radius 3 is 1.96 bits per heavy atom. The molecule has 3 nitrogen and oxygen atoms in total. The molecule has 5 rings (SSSR count). The number of hydrogen-bond donors (Lipinski definition) is 1. The fourth-order valence-electron chi connectivity index (χ4n) is 4.51. The smallest absolute Gasteiger partial charge is 0.132 e. The molecule has 2 aliphatic heterocycles. The fourth-order valence-corrected chi connectivity index (χ4v) is 4.51. The van der Waals surface area contributed by atoms with Gasteiger partial charge in [0.25, 0.3) is 0 Å². The van der Waals surface area contributed by atoms with Gasteiger partial charge in [0, 0.05) is 23.2 Å². The third-order valence-corrected chi connectivity index (χ3v) is 6.20. The third-order valence-electron chi connectivity index (χ3n) is 6.20. The Bertz CT molecular complexity index is 702. The summed E-state index contributed by atoms with van der Waals surface area (Å²) >= 11 is 0. The van der Waals surface area contributed by atoms with E-state index in [0.29, 0.717) is 6.04 Å². The van der Waals surface area contributed by atoms with Gasteiger partial charge >= 0.3 is 0 Å². The van der Waals surface area contributed by atoms with Gasteiger partial charge in [0.15, 0.2) is 0 Å².